The molecular formula is C57H36N6. The minimum absolute atomic E-state index is 0.641. The Morgan fingerprint density at radius 3 is 1.40 bits per heavy atom. The molecule has 0 aliphatic heterocycles. The molecule has 0 unspecified atom stereocenters. The van der Waals surface area contributed by atoms with Gasteiger partial charge in [-0.3, -0.25) is 9.55 Å². The van der Waals surface area contributed by atoms with E-state index in [4.69, 9.17) is 15.0 Å². The largest absolute Gasteiger partial charge is 0.309 e. The van der Waals surface area contributed by atoms with Gasteiger partial charge in [-0.25, -0.2) is 9.97 Å². The second-order valence-corrected chi connectivity index (χ2v) is 16.1. The normalized spacial score (nSPS) is 11.8. The lowest BCUT2D eigenvalue weighted by molar-refractivity contribution is 0.995. The van der Waals surface area contributed by atoms with Crippen molar-refractivity contribution in [1.82, 2.24) is 28.7 Å². The van der Waals surface area contributed by atoms with Crippen molar-refractivity contribution in [3.05, 3.63) is 219 Å². The van der Waals surface area contributed by atoms with Crippen LogP contribution in [0.4, 0.5) is 0 Å². The zero-order valence-electron chi connectivity index (χ0n) is 34.0. The topological polar surface area (TPSA) is 53.5 Å². The Kier molecular flexibility index (Phi) is 7.80. The lowest BCUT2D eigenvalue weighted by Crippen LogP contribution is -2.03. The zero-order chi connectivity index (χ0) is 41.4. The van der Waals surface area contributed by atoms with E-state index in [1.807, 2.05) is 24.4 Å². The molecule has 0 bridgehead atoms. The van der Waals surface area contributed by atoms with Crippen LogP contribution in [-0.4, -0.2) is 28.7 Å². The summed E-state index contributed by atoms with van der Waals surface area (Å²) in [5.41, 5.74) is 16.0. The Morgan fingerprint density at radius 2 is 0.762 bits per heavy atom. The molecule has 0 saturated carbocycles. The molecule has 0 amide bonds. The van der Waals surface area contributed by atoms with Crippen molar-refractivity contribution in [1.29, 1.82) is 0 Å². The minimum Gasteiger partial charge on any atom is -0.309 e. The van der Waals surface area contributed by atoms with E-state index in [0.717, 1.165) is 99.8 Å². The van der Waals surface area contributed by atoms with Gasteiger partial charge in [-0.1, -0.05) is 127 Å². The van der Waals surface area contributed by atoms with Crippen LogP contribution in [0.2, 0.25) is 0 Å². The fourth-order valence-electron chi connectivity index (χ4n) is 9.66. The van der Waals surface area contributed by atoms with Gasteiger partial charge in [-0.2, -0.15) is 0 Å². The van der Waals surface area contributed by atoms with Crippen LogP contribution in [-0.2, 0) is 0 Å². The maximum atomic E-state index is 5.23. The SMILES string of the molecule is c1ccc(-c2cc(-c3ccccc3)nc(-n3c4ccccc4c4cc(-c5ccc6c(c5)c5ccccc5n6-c5ccc6c(c5)c5ncccc5n6-c5ccccc5)ccc43)n2)cc1. The summed E-state index contributed by atoms with van der Waals surface area (Å²) in [6, 6.07) is 75.3. The van der Waals surface area contributed by atoms with Gasteiger partial charge in [-0.15, -0.1) is 0 Å². The van der Waals surface area contributed by atoms with Gasteiger partial charge in [-0.05, 0) is 96.1 Å². The van der Waals surface area contributed by atoms with Crippen LogP contribution >= 0.6 is 0 Å². The number of hydrogen-bond donors (Lipinski definition) is 0. The van der Waals surface area contributed by atoms with Crippen LogP contribution in [0.5, 0.6) is 0 Å². The highest BCUT2D eigenvalue weighted by Gasteiger charge is 2.20. The summed E-state index contributed by atoms with van der Waals surface area (Å²) >= 11 is 0. The average Bonchev–Trinajstić information content (AvgIpc) is 3.99. The second kappa shape index (κ2) is 14.0. The van der Waals surface area contributed by atoms with Gasteiger partial charge in [0.05, 0.1) is 50.0 Å². The fraction of sp³-hybridized carbons (Fsp3) is 0. The molecule has 0 spiro atoms. The number of rotatable bonds is 6. The molecular weight excluding hydrogens is 769 g/mol. The van der Waals surface area contributed by atoms with E-state index in [0.29, 0.717) is 5.95 Å². The maximum Gasteiger partial charge on any atom is 0.235 e. The Bertz CT molecular complexity index is 3840. The maximum absolute atomic E-state index is 5.23. The number of para-hydroxylation sites is 3. The third-order valence-corrected chi connectivity index (χ3v) is 12.5. The van der Waals surface area contributed by atoms with E-state index < -0.39 is 0 Å². The van der Waals surface area contributed by atoms with Crippen LogP contribution in [0.25, 0.3) is 117 Å². The summed E-state index contributed by atoms with van der Waals surface area (Å²) in [6.07, 6.45) is 1.89. The lowest BCUT2D eigenvalue weighted by atomic mass is 10.0. The van der Waals surface area contributed by atoms with E-state index in [1.165, 1.54) is 10.8 Å². The monoisotopic (exact) mass is 804 g/mol. The van der Waals surface area contributed by atoms with Crippen molar-refractivity contribution < 1.29 is 0 Å². The number of benzene rings is 8. The highest BCUT2D eigenvalue weighted by molar-refractivity contribution is 6.13. The summed E-state index contributed by atoms with van der Waals surface area (Å²) < 4.78 is 6.92. The van der Waals surface area contributed by atoms with Crippen molar-refractivity contribution in [3.63, 3.8) is 0 Å². The third kappa shape index (κ3) is 5.55. The quantitative estimate of drug-likeness (QED) is 0.168. The van der Waals surface area contributed by atoms with Crippen LogP contribution in [0.3, 0.4) is 0 Å². The number of hydrogen-bond acceptors (Lipinski definition) is 3. The van der Waals surface area contributed by atoms with Crippen molar-refractivity contribution in [2.24, 2.45) is 0 Å². The summed E-state index contributed by atoms with van der Waals surface area (Å²) in [5, 5.41) is 5.84. The Hall–Kier alpha value is -8.61. The van der Waals surface area contributed by atoms with Crippen molar-refractivity contribution >= 4 is 65.5 Å². The van der Waals surface area contributed by atoms with E-state index in [9.17, 15) is 0 Å². The lowest BCUT2D eigenvalue weighted by Gasteiger charge is -2.12. The molecule has 294 valence electrons. The standard InChI is InChI=1S/C57H36N6/c1-4-15-37(16-5-1)48-36-49(38-17-6-2-7-18-38)60-57(59-48)63-51-24-13-11-22-44(51)46-34-40(27-30-53(46)63)39-26-29-52-45(33-39)43-21-10-12-23-50(43)62(52)42-28-31-54-47(35-42)56-55(25-14-32-58-56)61(54)41-19-8-3-9-20-41/h1-36H. The second-order valence-electron chi connectivity index (χ2n) is 16.1. The molecule has 63 heavy (non-hydrogen) atoms. The van der Waals surface area contributed by atoms with Gasteiger partial charge in [0, 0.05) is 55.6 Å². The number of pyridine rings is 1. The van der Waals surface area contributed by atoms with Gasteiger partial charge in [0.1, 0.15) is 0 Å². The molecule has 6 nitrogen and oxygen atoms in total. The molecule has 0 aliphatic carbocycles. The number of fused-ring (bicyclic) bond motifs is 9. The molecule has 5 aromatic heterocycles. The van der Waals surface area contributed by atoms with Crippen molar-refractivity contribution in [2.45, 2.75) is 0 Å². The van der Waals surface area contributed by atoms with Crippen molar-refractivity contribution in [3.8, 4) is 51.0 Å². The molecule has 6 heteroatoms. The van der Waals surface area contributed by atoms with Crippen LogP contribution in [0.15, 0.2) is 219 Å². The van der Waals surface area contributed by atoms with E-state index in [1.54, 1.807) is 0 Å². The summed E-state index contributed by atoms with van der Waals surface area (Å²) in [7, 11) is 0. The van der Waals surface area contributed by atoms with Gasteiger partial charge in [0.25, 0.3) is 0 Å². The zero-order valence-corrected chi connectivity index (χ0v) is 34.0. The fourth-order valence-corrected chi connectivity index (χ4v) is 9.66. The van der Waals surface area contributed by atoms with E-state index >= 15 is 0 Å². The molecule has 0 fully saturated rings. The Balaban J connectivity index is 0.966. The molecule has 13 rings (SSSR count). The first-order valence-corrected chi connectivity index (χ1v) is 21.3. The van der Waals surface area contributed by atoms with Gasteiger partial charge in [0.2, 0.25) is 5.95 Å². The molecule has 5 heterocycles. The summed E-state index contributed by atoms with van der Waals surface area (Å²) in [4.78, 5) is 15.4. The molecule has 8 aromatic carbocycles. The predicted molar refractivity (Wildman–Crippen MR) is 259 cm³/mol. The van der Waals surface area contributed by atoms with Crippen LogP contribution < -0.4 is 0 Å². The van der Waals surface area contributed by atoms with Crippen molar-refractivity contribution in [2.75, 3.05) is 0 Å². The molecule has 0 atom stereocenters. The smallest absolute Gasteiger partial charge is 0.235 e. The van der Waals surface area contributed by atoms with Gasteiger partial charge >= 0.3 is 0 Å². The highest BCUT2D eigenvalue weighted by atomic mass is 15.2. The molecule has 0 aliphatic rings. The molecule has 0 radical (unpaired) electrons. The third-order valence-electron chi connectivity index (χ3n) is 12.5. The molecule has 0 saturated heterocycles. The first-order chi connectivity index (χ1) is 31.2. The highest BCUT2D eigenvalue weighted by Crippen LogP contribution is 2.40. The number of nitrogens with zero attached hydrogens (tertiary/aromatic N) is 6. The first-order valence-electron chi connectivity index (χ1n) is 21.3. The van der Waals surface area contributed by atoms with E-state index in [2.05, 4.69) is 208 Å². The minimum atomic E-state index is 0.641. The van der Waals surface area contributed by atoms with Crippen LogP contribution in [0.1, 0.15) is 0 Å². The summed E-state index contributed by atoms with van der Waals surface area (Å²) in [6.45, 7) is 0. The van der Waals surface area contributed by atoms with E-state index in [-0.39, 0.29) is 0 Å². The van der Waals surface area contributed by atoms with Gasteiger partial charge in [0.15, 0.2) is 0 Å². The first kappa shape index (κ1) is 35.2. The summed E-state index contributed by atoms with van der Waals surface area (Å²) in [5.74, 6) is 0.641. The Morgan fingerprint density at radius 1 is 0.286 bits per heavy atom. The van der Waals surface area contributed by atoms with Crippen LogP contribution in [0, 0.1) is 0 Å². The average molecular weight is 805 g/mol. The number of aromatic nitrogens is 6. The Labute approximate surface area is 362 Å². The molecule has 0 N–H and O–H groups in total. The predicted octanol–water partition coefficient (Wildman–Crippen LogP) is 14.2. The van der Waals surface area contributed by atoms with Gasteiger partial charge < -0.3 is 9.13 Å². The molecule has 13 aromatic rings.